The molecule has 2 heterocycles. The van der Waals surface area contributed by atoms with Crippen molar-refractivity contribution >= 4 is 5.91 Å². The van der Waals surface area contributed by atoms with Gasteiger partial charge in [0.25, 0.3) is 0 Å². The zero-order valence-corrected chi connectivity index (χ0v) is 18.3. The molecule has 1 amide bonds. The highest BCUT2D eigenvalue weighted by Crippen LogP contribution is 2.41. The number of hydrogen-bond acceptors (Lipinski definition) is 2. The Morgan fingerprint density at radius 3 is 2.23 bits per heavy atom. The Bertz CT molecular complexity index is 429. The Labute approximate surface area is 162 Å². The Balaban J connectivity index is 1.67. The van der Waals surface area contributed by atoms with Gasteiger partial charge in [0.2, 0.25) is 5.91 Å². The fraction of sp³-hybridized carbons (Fsp3) is 0.957. The smallest absolute Gasteiger partial charge is 0.225 e. The van der Waals surface area contributed by atoms with E-state index in [0.29, 0.717) is 16.7 Å². The highest BCUT2D eigenvalue weighted by atomic mass is 16.2. The first-order chi connectivity index (χ1) is 12.3. The molecule has 0 saturated carbocycles. The predicted molar refractivity (Wildman–Crippen MR) is 111 cm³/mol. The molecule has 2 fully saturated rings. The van der Waals surface area contributed by atoms with Gasteiger partial charge >= 0.3 is 0 Å². The Morgan fingerprint density at radius 1 is 1.04 bits per heavy atom. The van der Waals surface area contributed by atoms with Gasteiger partial charge in [-0.15, -0.1) is 0 Å². The van der Waals surface area contributed by atoms with E-state index in [2.05, 4.69) is 44.4 Å². The first-order valence-corrected chi connectivity index (χ1v) is 11.4. The summed E-state index contributed by atoms with van der Waals surface area (Å²) in [5.41, 5.74) is 1.04. The summed E-state index contributed by atoms with van der Waals surface area (Å²) in [7, 11) is 0. The van der Waals surface area contributed by atoms with Gasteiger partial charge in [0.1, 0.15) is 0 Å². The molecule has 0 aromatic rings. The number of carbonyl (C=O) groups excluding carboxylic acids is 1. The minimum atomic E-state index is 0.262. The Hall–Kier alpha value is -0.570. The molecule has 0 radical (unpaired) electrons. The Morgan fingerprint density at radius 2 is 1.69 bits per heavy atom. The molecular formula is C23H44N2O. The first kappa shape index (κ1) is 21.7. The van der Waals surface area contributed by atoms with Gasteiger partial charge in [-0.05, 0) is 62.3 Å². The SMILES string of the molecule is CCCC(CC)C(=O)N1CCC2(CC1)CN(CCCC(C)(C)CCC)C2. The van der Waals surface area contributed by atoms with Crippen LogP contribution in [0.3, 0.4) is 0 Å². The van der Waals surface area contributed by atoms with Gasteiger partial charge in [-0.3, -0.25) is 4.79 Å². The van der Waals surface area contributed by atoms with E-state index in [-0.39, 0.29) is 5.92 Å². The second-order valence-corrected chi connectivity index (χ2v) is 9.95. The van der Waals surface area contributed by atoms with Crippen molar-refractivity contribution in [2.24, 2.45) is 16.7 Å². The van der Waals surface area contributed by atoms with E-state index in [0.717, 1.165) is 32.4 Å². The maximum Gasteiger partial charge on any atom is 0.225 e. The third kappa shape index (κ3) is 5.71. The van der Waals surface area contributed by atoms with Crippen LogP contribution in [0.4, 0.5) is 0 Å². The number of rotatable bonds is 10. The van der Waals surface area contributed by atoms with Crippen molar-refractivity contribution in [3.05, 3.63) is 0 Å². The van der Waals surface area contributed by atoms with E-state index < -0.39 is 0 Å². The van der Waals surface area contributed by atoms with Crippen molar-refractivity contribution in [2.75, 3.05) is 32.7 Å². The van der Waals surface area contributed by atoms with Crippen LogP contribution < -0.4 is 0 Å². The quantitative estimate of drug-likeness (QED) is 0.522. The van der Waals surface area contributed by atoms with Crippen LogP contribution in [0.5, 0.6) is 0 Å². The zero-order valence-electron chi connectivity index (χ0n) is 18.3. The molecule has 0 aromatic carbocycles. The molecule has 1 spiro atoms. The average Bonchev–Trinajstić information content (AvgIpc) is 2.58. The summed E-state index contributed by atoms with van der Waals surface area (Å²) >= 11 is 0. The average molecular weight is 365 g/mol. The number of nitrogens with zero attached hydrogens (tertiary/aromatic N) is 2. The summed E-state index contributed by atoms with van der Waals surface area (Å²) in [5.74, 6) is 0.692. The van der Waals surface area contributed by atoms with E-state index in [1.807, 2.05) is 0 Å². The molecule has 1 unspecified atom stereocenters. The number of likely N-dealkylation sites (tertiary alicyclic amines) is 2. The fourth-order valence-electron chi connectivity index (χ4n) is 5.27. The topological polar surface area (TPSA) is 23.6 Å². The number of piperidine rings is 1. The van der Waals surface area contributed by atoms with Gasteiger partial charge < -0.3 is 9.80 Å². The lowest BCUT2D eigenvalue weighted by Gasteiger charge is -2.54. The van der Waals surface area contributed by atoms with Crippen molar-refractivity contribution < 1.29 is 4.79 Å². The summed E-state index contributed by atoms with van der Waals surface area (Å²) in [5, 5.41) is 0. The first-order valence-electron chi connectivity index (χ1n) is 11.4. The van der Waals surface area contributed by atoms with Gasteiger partial charge in [-0.1, -0.05) is 47.5 Å². The summed E-state index contributed by atoms with van der Waals surface area (Å²) in [4.78, 5) is 17.5. The molecule has 2 aliphatic rings. The molecule has 0 aromatic heterocycles. The van der Waals surface area contributed by atoms with Crippen LogP contribution in [0.2, 0.25) is 0 Å². The van der Waals surface area contributed by atoms with E-state index >= 15 is 0 Å². The molecule has 3 heteroatoms. The van der Waals surface area contributed by atoms with Crippen molar-refractivity contribution in [3.8, 4) is 0 Å². The third-order valence-electron chi connectivity index (χ3n) is 6.99. The van der Waals surface area contributed by atoms with Crippen LogP contribution >= 0.6 is 0 Å². The lowest BCUT2D eigenvalue weighted by molar-refractivity contribution is -0.141. The lowest BCUT2D eigenvalue weighted by Crippen LogP contribution is -2.61. The van der Waals surface area contributed by atoms with Crippen LogP contribution in [0.25, 0.3) is 0 Å². The number of amides is 1. The van der Waals surface area contributed by atoms with Crippen molar-refractivity contribution in [2.45, 2.75) is 92.4 Å². The van der Waals surface area contributed by atoms with E-state index in [4.69, 9.17) is 0 Å². The van der Waals surface area contributed by atoms with E-state index in [1.165, 1.54) is 58.2 Å². The molecule has 152 valence electrons. The van der Waals surface area contributed by atoms with Crippen LogP contribution in [0.15, 0.2) is 0 Å². The third-order valence-corrected chi connectivity index (χ3v) is 6.99. The van der Waals surface area contributed by atoms with Gasteiger partial charge in [-0.2, -0.15) is 0 Å². The maximum atomic E-state index is 12.7. The summed E-state index contributed by atoms with van der Waals surface area (Å²) < 4.78 is 0. The number of hydrogen-bond donors (Lipinski definition) is 0. The zero-order chi connectivity index (χ0) is 19.2. The van der Waals surface area contributed by atoms with Gasteiger partial charge in [-0.25, -0.2) is 0 Å². The molecule has 26 heavy (non-hydrogen) atoms. The second kappa shape index (κ2) is 9.57. The van der Waals surface area contributed by atoms with Gasteiger partial charge in [0.15, 0.2) is 0 Å². The van der Waals surface area contributed by atoms with Crippen molar-refractivity contribution in [3.63, 3.8) is 0 Å². The van der Waals surface area contributed by atoms with Crippen LogP contribution in [0.1, 0.15) is 92.4 Å². The minimum absolute atomic E-state index is 0.262. The normalized spacial score (nSPS) is 21.7. The molecule has 0 bridgehead atoms. The molecule has 2 saturated heterocycles. The van der Waals surface area contributed by atoms with Crippen LogP contribution in [-0.2, 0) is 4.79 Å². The fourth-order valence-corrected chi connectivity index (χ4v) is 5.27. The Kier molecular flexibility index (Phi) is 8.00. The largest absolute Gasteiger partial charge is 0.342 e. The van der Waals surface area contributed by atoms with Crippen molar-refractivity contribution in [1.82, 2.24) is 9.80 Å². The molecular weight excluding hydrogens is 320 g/mol. The summed E-state index contributed by atoms with van der Waals surface area (Å²) in [6.45, 7) is 17.3. The van der Waals surface area contributed by atoms with Crippen LogP contribution in [0, 0.1) is 16.7 Å². The minimum Gasteiger partial charge on any atom is -0.342 e. The maximum absolute atomic E-state index is 12.7. The van der Waals surface area contributed by atoms with Crippen LogP contribution in [-0.4, -0.2) is 48.4 Å². The van der Waals surface area contributed by atoms with E-state index in [1.54, 1.807) is 0 Å². The predicted octanol–water partition coefficient (Wildman–Crippen LogP) is 5.34. The highest BCUT2D eigenvalue weighted by molar-refractivity contribution is 5.78. The lowest BCUT2D eigenvalue weighted by atomic mass is 9.71. The number of carbonyl (C=O) groups is 1. The molecule has 2 rings (SSSR count). The molecule has 0 N–H and O–H groups in total. The van der Waals surface area contributed by atoms with Gasteiger partial charge in [0.05, 0.1) is 0 Å². The summed E-state index contributed by atoms with van der Waals surface area (Å²) in [6.07, 6.45) is 10.9. The highest BCUT2D eigenvalue weighted by Gasteiger charge is 2.45. The molecule has 3 nitrogen and oxygen atoms in total. The second-order valence-electron chi connectivity index (χ2n) is 9.95. The molecule has 1 atom stereocenters. The van der Waals surface area contributed by atoms with Crippen molar-refractivity contribution in [1.29, 1.82) is 0 Å². The standard InChI is InChI=1S/C23H44N2O/c1-6-10-20(8-3)21(26)25-16-13-23(14-17-25)18-24(19-23)15-9-12-22(4,5)11-7-2/h20H,6-19H2,1-5H3. The molecule has 0 aliphatic carbocycles. The van der Waals surface area contributed by atoms with Gasteiger partial charge in [0, 0.05) is 32.1 Å². The monoisotopic (exact) mass is 364 g/mol. The van der Waals surface area contributed by atoms with E-state index in [9.17, 15) is 4.79 Å². The molecule has 2 aliphatic heterocycles. The summed E-state index contributed by atoms with van der Waals surface area (Å²) in [6, 6.07) is 0.